The van der Waals surface area contributed by atoms with Crippen molar-refractivity contribution in [3.63, 3.8) is 0 Å². The summed E-state index contributed by atoms with van der Waals surface area (Å²) in [5, 5.41) is 8.72. The van der Waals surface area contributed by atoms with E-state index in [2.05, 4.69) is 16.0 Å². The van der Waals surface area contributed by atoms with E-state index in [1.54, 1.807) is 12.1 Å². The second-order valence-corrected chi connectivity index (χ2v) is 4.24. The molecular weight excluding hydrogens is 270 g/mol. The van der Waals surface area contributed by atoms with Crippen LogP contribution in [0.15, 0.2) is 22.8 Å². The van der Waals surface area contributed by atoms with Gasteiger partial charge in [0.05, 0.1) is 6.26 Å². The molecule has 3 N–H and O–H groups in total. The van der Waals surface area contributed by atoms with Crippen molar-refractivity contribution in [1.82, 2.24) is 16.0 Å². The predicted octanol–water partition coefficient (Wildman–Crippen LogP) is 0.299. The lowest BCUT2D eigenvalue weighted by Gasteiger charge is -2.11. The summed E-state index contributed by atoms with van der Waals surface area (Å²) in [7, 11) is 0. The molecule has 1 aliphatic rings. The van der Waals surface area contributed by atoms with Crippen molar-refractivity contribution in [3.8, 4) is 0 Å². The van der Waals surface area contributed by atoms with Crippen molar-refractivity contribution >= 4 is 24.2 Å². The molecule has 1 fully saturated rings. The molecule has 1 atom stereocenters. The maximum Gasteiger partial charge on any atom is 0.286 e. The van der Waals surface area contributed by atoms with E-state index in [0.29, 0.717) is 6.54 Å². The number of furan rings is 1. The lowest BCUT2D eigenvalue weighted by atomic mass is 10.2. The topological polar surface area (TPSA) is 83.4 Å². The number of hydrogen-bond acceptors (Lipinski definition) is 4. The Morgan fingerprint density at radius 2 is 2.32 bits per heavy atom. The van der Waals surface area contributed by atoms with Gasteiger partial charge in [-0.2, -0.15) is 0 Å². The van der Waals surface area contributed by atoms with Crippen molar-refractivity contribution in [2.45, 2.75) is 18.9 Å². The highest BCUT2D eigenvalue weighted by Gasteiger charge is 2.16. The first kappa shape index (κ1) is 15.5. The second kappa shape index (κ2) is 7.81. The van der Waals surface area contributed by atoms with Crippen LogP contribution in [0, 0.1) is 0 Å². The number of carbonyl (C=O) groups is 2. The maximum absolute atomic E-state index is 11.6. The molecule has 1 aromatic rings. The summed E-state index contributed by atoms with van der Waals surface area (Å²) in [4.78, 5) is 23.0. The van der Waals surface area contributed by atoms with Crippen LogP contribution in [0.5, 0.6) is 0 Å². The Morgan fingerprint density at radius 1 is 1.47 bits per heavy atom. The van der Waals surface area contributed by atoms with Crippen LogP contribution in [-0.4, -0.2) is 37.5 Å². The molecular formula is C12H18ClN3O3. The zero-order valence-corrected chi connectivity index (χ0v) is 11.3. The second-order valence-electron chi connectivity index (χ2n) is 4.24. The minimum Gasteiger partial charge on any atom is -0.459 e. The Hall–Kier alpha value is -1.53. The number of halogens is 1. The smallest absolute Gasteiger partial charge is 0.286 e. The molecule has 0 radical (unpaired) electrons. The number of amides is 2. The van der Waals surface area contributed by atoms with Crippen molar-refractivity contribution in [2.75, 3.05) is 19.6 Å². The fourth-order valence-electron chi connectivity index (χ4n) is 1.86. The first-order valence-corrected chi connectivity index (χ1v) is 6.07. The molecule has 0 spiro atoms. The molecule has 6 nitrogen and oxygen atoms in total. The van der Waals surface area contributed by atoms with E-state index in [1.165, 1.54) is 6.26 Å². The fourth-order valence-corrected chi connectivity index (χ4v) is 1.86. The Morgan fingerprint density at radius 3 is 2.95 bits per heavy atom. The van der Waals surface area contributed by atoms with Gasteiger partial charge in [-0.3, -0.25) is 9.59 Å². The quantitative estimate of drug-likeness (QED) is 0.727. The van der Waals surface area contributed by atoms with E-state index in [1.807, 2.05) is 0 Å². The van der Waals surface area contributed by atoms with E-state index in [4.69, 9.17) is 4.42 Å². The summed E-state index contributed by atoms with van der Waals surface area (Å²) in [6, 6.07) is 3.45. The normalized spacial score (nSPS) is 17.6. The highest BCUT2D eigenvalue weighted by atomic mass is 35.5. The summed E-state index contributed by atoms with van der Waals surface area (Å²) in [6.07, 6.45) is 2.68. The molecule has 1 aromatic heterocycles. The van der Waals surface area contributed by atoms with Crippen molar-refractivity contribution in [1.29, 1.82) is 0 Å². The van der Waals surface area contributed by atoms with Gasteiger partial charge in [0.1, 0.15) is 0 Å². The van der Waals surface area contributed by atoms with Crippen LogP contribution in [0.2, 0.25) is 0 Å². The summed E-state index contributed by atoms with van der Waals surface area (Å²) in [5.74, 6) is -0.0748. The van der Waals surface area contributed by atoms with Gasteiger partial charge in [-0.1, -0.05) is 0 Å². The molecule has 19 heavy (non-hydrogen) atoms. The molecule has 7 heteroatoms. The molecule has 2 heterocycles. The lowest BCUT2D eigenvalue weighted by Crippen LogP contribution is -2.38. The molecule has 1 aliphatic heterocycles. The van der Waals surface area contributed by atoms with Crippen LogP contribution in [0.1, 0.15) is 23.4 Å². The molecule has 0 aliphatic carbocycles. The maximum atomic E-state index is 11.6. The van der Waals surface area contributed by atoms with E-state index >= 15 is 0 Å². The van der Waals surface area contributed by atoms with Gasteiger partial charge >= 0.3 is 0 Å². The van der Waals surface area contributed by atoms with Gasteiger partial charge in [-0.05, 0) is 25.1 Å². The highest BCUT2D eigenvalue weighted by Crippen LogP contribution is 1.99. The molecule has 1 saturated heterocycles. The number of nitrogens with one attached hydrogen (secondary N) is 3. The zero-order valence-electron chi connectivity index (χ0n) is 10.5. The SMILES string of the molecule is Cl.O=C(CCNC(=O)c1ccco1)NC1CCNC1. The largest absolute Gasteiger partial charge is 0.459 e. The van der Waals surface area contributed by atoms with Gasteiger partial charge in [0.25, 0.3) is 5.91 Å². The highest BCUT2D eigenvalue weighted by molar-refractivity contribution is 5.91. The third kappa shape index (κ3) is 4.92. The van der Waals surface area contributed by atoms with Crippen LogP contribution in [0.3, 0.4) is 0 Å². The predicted molar refractivity (Wildman–Crippen MR) is 72.3 cm³/mol. The van der Waals surface area contributed by atoms with E-state index in [-0.39, 0.29) is 42.4 Å². The molecule has 0 saturated carbocycles. The number of hydrogen-bond donors (Lipinski definition) is 3. The fraction of sp³-hybridized carbons (Fsp3) is 0.500. The zero-order chi connectivity index (χ0) is 12.8. The van der Waals surface area contributed by atoms with E-state index < -0.39 is 0 Å². The van der Waals surface area contributed by atoms with E-state index in [0.717, 1.165) is 19.5 Å². The summed E-state index contributed by atoms with van der Waals surface area (Å²) in [6.45, 7) is 2.08. The first-order valence-electron chi connectivity index (χ1n) is 6.07. The Bertz CT molecular complexity index is 402. The van der Waals surface area contributed by atoms with Gasteiger partial charge < -0.3 is 20.4 Å². The summed E-state index contributed by atoms with van der Waals surface area (Å²) in [5.41, 5.74) is 0. The molecule has 0 aromatic carbocycles. The Labute approximate surface area is 117 Å². The first-order chi connectivity index (χ1) is 8.75. The Balaban J connectivity index is 0.00000180. The van der Waals surface area contributed by atoms with Crippen molar-refractivity contribution in [3.05, 3.63) is 24.2 Å². The van der Waals surface area contributed by atoms with Gasteiger partial charge in [0.15, 0.2) is 5.76 Å². The number of rotatable bonds is 5. The van der Waals surface area contributed by atoms with Gasteiger partial charge in [0, 0.05) is 25.6 Å². The standard InChI is InChI=1S/C12H17N3O3.ClH/c16-11(15-9-3-5-13-8-9)4-6-14-12(17)10-2-1-7-18-10;/h1-2,7,9,13H,3-6,8H2,(H,14,17)(H,15,16);1H. The van der Waals surface area contributed by atoms with Gasteiger partial charge in [-0.25, -0.2) is 0 Å². The average molecular weight is 288 g/mol. The van der Waals surface area contributed by atoms with Gasteiger partial charge in [-0.15, -0.1) is 12.4 Å². The van der Waals surface area contributed by atoms with Crippen LogP contribution < -0.4 is 16.0 Å². The third-order valence-electron chi connectivity index (χ3n) is 2.81. The molecule has 2 amide bonds. The molecule has 106 valence electrons. The summed E-state index contributed by atoms with van der Waals surface area (Å²) < 4.78 is 4.94. The minimum absolute atomic E-state index is 0. The van der Waals surface area contributed by atoms with Crippen LogP contribution in [-0.2, 0) is 4.79 Å². The Kier molecular flexibility index (Phi) is 6.38. The lowest BCUT2D eigenvalue weighted by molar-refractivity contribution is -0.121. The van der Waals surface area contributed by atoms with Crippen LogP contribution >= 0.6 is 12.4 Å². The third-order valence-corrected chi connectivity index (χ3v) is 2.81. The van der Waals surface area contributed by atoms with Crippen LogP contribution in [0.25, 0.3) is 0 Å². The van der Waals surface area contributed by atoms with Crippen molar-refractivity contribution < 1.29 is 14.0 Å². The van der Waals surface area contributed by atoms with Gasteiger partial charge in [0.2, 0.25) is 5.91 Å². The molecule has 0 bridgehead atoms. The number of carbonyl (C=O) groups excluding carboxylic acids is 2. The van der Waals surface area contributed by atoms with Crippen LogP contribution in [0.4, 0.5) is 0 Å². The molecule has 1 unspecified atom stereocenters. The average Bonchev–Trinajstić information content (AvgIpc) is 3.00. The van der Waals surface area contributed by atoms with Crippen molar-refractivity contribution in [2.24, 2.45) is 0 Å². The summed E-state index contributed by atoms with van der Waals surface area (Å²) >= 11 is 0. The molecule has 2 rings (SSSR count). The minimum atomic E-state index is -0.296. The van der Waals surface area contributed by atoms with E-state index in [9.17, 15) is 9.59 Å². The monoisotopic (exact) mass is 287 g/mol.